The Morgan fingerprint density at radius 2 is 1.83 bits per heavy atom. The first-order valence-corrected chi connectivity index (χ1v) is 7.91. The van der Waals surface area contributed by atoms with Gasteiger partial charge in [0, 0.05) is 16.6 Å². The zero-order chi connectivity index (χ0) is 16.8. The molecule has 0 spiro atoms. The molecule has 2 heterocycles. The SMILES string of the molecule is COc1ccc2cc(C)n3c(N)c(-c4ccccc4C)nc3c2c1. The predicted molar refractivity (Wildman–Crippen MR) is 98.6 cm³/mol. The minimum atomic E-state index is 0.668. The summed E-state index contributed by atoms with van der Waals surface area (Å²) in [6.45, 7) is 4.13. The van der Waals surface area contributed by atoms with Crippen molar-refractivity contribution in [1.82, 2.24) is 9.38 Å². The number of imidazole rings is 1. The molecule has 0 aliphatic rings. The van der Waals surface area contributed by atoms with Crippen LogP contribution in [0.1, 0.15) is 11.3 Å². The lowest BCUT2D eigenvalue weighted by atomic mass is 10.1. The lowest BCUT2D eigenvalue weighted by Gasteiger charge is -2.08. The van der Waals surface area contributed by atoms with E-state index in [1.54, 1.807) is 7.11 Å². The zero-order valence-corrected chi connectivity index (χ0v) is 14.0. The molecule has 0 saturated heterocycles. The van der Waals surface area contributed by atoms with Crippen molar-refractivity contribution in [2.75, 3.05) is 12.8 Å². The standard InChI is InChI=1S/C20H19N3O/c1-12-6-4-5-7-16(12)18-19(21)23-13(2)10-14-8-9-15(24-3)11-17(14)20(23)22-18/h4-11H,21H2,1-3H3. The van der Waals surface area contributed by atoms with Crippen molar-refractivity contribution in [2.45, 2.75) is 13.8 Å². The molecule has 4 rings (SSSR count). The topological polar surface area (TPSA) is 52.5 Å². The van der Waals surface area contributed by atoms with Crippen LogP contribution in [0.2, 0.25) is 0 Å². The fourth-order valence-corrected chi connectivity index (χ4v) is 3.28. The van der Waals surface area contributed by atoms with Gasteiger partial charge in [-0.25, -0.2) is 4.98 Å². The van der Waals surface area contributed by atoms with Gasteiger partial charge < -0.3 is 10.5 Å². The van der Waals surface area contributed by atoms with E-state index in [1.807, 2.05) is 28.7 Å². The molecule has 0 fully saturated rings. The molecule has 24 heavy (non-hydrogen) atoms. The molecule has 0 radical (unpaired) electrons. The van der Waals surface area contributed by atoms with Gasteiger partial charge in [0.1, 0.15) is 22.9 Å². The first-order valence-electron chi connectivity index (χ1n) is 7.91. The monoisotopic (exact) mass is 317 g/mol. The second kappa shape index (κ2) is 5.27. The van der Waals surface area contributed by atoms with E-state index in [0.29, 0.717) is 5.82 Å². The number of anilines is 1. The Kier molecular flexibility index (Phi) is 3.20. The number of nitrogen functional groups attached to an aromatic ring is 1. The summed E-state index contributed by atoms with van der Waals surface area (Å²) in [5.74, 6) is 1.48. The number of aromatic nitrogens is 2. The number of nitrogens with two attached hydrogens (primary N) is 1. The van der Waals surface area contributed by atoms with Crippen molar-refractivity contribution < 1.29 is 4.74 Å². The highest BCUT2D eigenvalue weighted by molar-refractivity contribution is 5.98. The van der Waals surface area contributed by atoms with Crippen LogP contribution in [-0.2, 0) is 0 Å². The molecule has 0 saturated carbocycles. The van der Waals surface area contributed by atoms with E-state index in [-0.39, 0.29) is 0 Å². The van der Waals surface area contributed by atoms with Gasteiger partial charge in [0.05, 0.1) is 7.11 Å². The maximum absolute atomic E-state index is 6.47. The number of pyridine rings is 1. The normalized spacial score (nSPS) is 11.3. The van der Waals surface area contributed by atoms with Gasteiger partial charge in [-0.05, 0) is 43.0 Å². The average Bonchev–Trinajstić information content (AvgIpc) is 2.93. The zero-order valence-electron chi connectivity index (χ0n) is 14.0. The highest BCUT2D eigenvalue weighted by Gasteiger charge is 2.16. The minimum absolute atomic E-state index is 0.668. The van der Waals surface area contributed by atoms with Gasteiger partial charge in [0.25, 0.3) is 0 Å². The maximum Gasteiger partial charge on any atom is 0.147 e. The number of nitrogens with zero attached hydrogens (tertiary/aromatic N) is 2. The summed E-state index contributed by atoms with van der Waals surface area (Å²) in [5, 5.41) is 2.16. The summed E-state index contributed by atoms with van der Waals surface area (Å²) in [7, 11) is 1.67. The van der Waals surface area contributed by atoms with Crippen LogP contribution in [-0.4, -0.2) is 16.5 Å². The number of ether oxygens (including phenoxy) is 1. The molecular formula is C20H19N3O. The summed E-state index contributed by atoms with van der Waals surface area (Å²) in [4.78, 5) is 4.89. The smallest absolute Gasteiger partial charge is 0.147 e. The molecule has 0 atom stereocenters. The highest BCUT2D eigenvalue weighted by atomic mass is 16.5. The van der Waals surface area contributed by atoms with Gasteiger partial charge in [-0.1, -0.05) is 30.3 Å². The molecule has 4 nitrogen and oxygen atoms in total. The van der Waals surface area contributed by atoms with Gasteiger partial charge >= 0.3 is 0 Å². The third kappa shape index (κ3) is 2.03. The molecule has 2 N–H and O–H groups in total. The van der Waals surface area contributed by atoms with Gasteiger partial charge in [-0.3, -0.25) is 4.40 Å². The van der Waals surface area contributed by atoms with Crippen LogP contribution in [0.25, 0.3) is 27.7 Å². The third-order valence-corrected chi connectivity index (χ3v) is 4.53. The van der Waals surface area contributed by atoms with Crippen molar-refractivity contribution >= 4 is 22.2 Å². The summed E-state index contributed by atoms with van der Waals surface area (Å²) >= 11 is 0. The number of aryl methyl sites for hydroxylation is 2. The maximum atomic E-state index is 6.47. The largest absolute Gasteiger partial charge is 0.497 e. The van der Waals surface area contributed by atoms with Crippen LogP contribution in [0.15, 0.2) is 48.5 Å². The molecule has 0 bridgehead atoms. The van der Waals surface area contributed by atoms with Crippen LogP contribution in [0.5, 0.6) is 5.75 Å². The Balaban J connectivity index is 2.12. The summed E-state index contributed by atoms with van der Waals surface area (Å²) in [6, 6.07) is 16.3. The predicted octanol–water partition coefficient (Wildman–Crippen LogP) is 4.36. The van der Waals surface area contributed by atoms with E-state index in [0.717, 1.165) is 44.7 Å². The van der Waals surface area contributed by atoms with E-state index in [9.17, 15) is 0 Å². The number of hydrogen-bond acceptors (Lipinski definition) is 3. The molecule has 0 aliphatic heterocycles. The van der Waals surface area contributed by atoms with Gasteiger partial charge in [0.2, 0.25) is 0 Å². The van der Waals surface area contributed by atoms with E-state index >= 15 is 0 Å². The molecule has 0 unspecified atom stereocenters. The Bertz CT molecular complexity index is 1080. The van der Waals surface area contributed by atoms with Crippen LogP contribution in [0.4, 0.5) is 5.82 Å². The van der Waals surface area contributed by atoms with Crippen LogP contribution in [0, 0.1) is 13.8 Å². The Labute approximate surface area is 140 Å². The Morgan fingerprint density at radius 3 is 2.58 bits per heavy atom. The second-order valence-corrected chi connectivity index (χ2v) is 6.06. The third-order valence-electron chi connectivity index (χ3n) is 4.53. The van der Waals surface area contributed by atoms with Crippen molar-refractivity contribution in [3.63, 3.8) is 0 Å². The number of rotatable bonds is 2. The molecule has 4 aromatic rings. The molecule has 120 valence electrons. The molecule has 2 aromatic carbocycles. The van der Waals surface area contributed by atoms with Crippen LogP contribution >= 0.6 is 0 Å². The van der Waals surface area contributed by atoms with Crippen molar-refractivity contribution in [3.05, 3.63) is 59.8 Å². The molecule has 0 amide bonds. The summed E-state index contributed by atoms with van der Waals surface area (Å²) < 4.78 is 7.39. The molecular weight excluding hydrogens is 298 g/mol. The summed E-state index contributed by atoms with van der Waals surface area (Å²) in [5.41, 5.74) is 11.4. The van der Waals surface area contributed by atoms with Gasteiger partial charge in [-0.2, -0.15) is 0 Å². The number of hydrogen-bond donors (Lipinski definition) is 1. The fraction of sp³-hybridized carbons (Fsp3) is 0.150. The lowest BCUT2D eigenvalue weighted by molar-refractivity contribution is 0.415. The highest BCUT2D eigenvalue weighted by Crippen LogP contribution is 2.34. The van der Waals surface area contributed by atoms with E-state index < -0.39 is 0 Å². The molecule has 2 aromatic heterocycles. The van der Waals surface area contributed by atoms with E-state index in [2.05, 4.69) is 38.1 Å². The van der Waals surface area contributed by atoms with E-state index in [4.69, 9.17) is 15.5 Å². The Morgan fingerprint density at radius 1 is 1.04 bits per heavy atom. The first-order chi connectivity index (χ1) is 11.6. The first kappa shape index (κ1) is 14.6. The van der Waals surface area contributed by atoms with Crippen molar-refractivity contribution in [2.24, 2.45) is 0 Å². The van der Waals surface area contributed by atoms with Crippen LogP contribution < -0.4 is 10.5 Å². The van der Waals surface area contributed by atoms with Crippen LogP contribution in [0.3, 0.4) is 0 Å². The quantitative estimate of drug-likeness (QED) is 0.597. The second-order valence-electron chi connectivity index (χ2n) is 6.06. The van der Waals surface area contributed by atoms with Crippen molar-refractivity contribution in [1.29, 1.82) is 0 Å². The van der Waals surface area contributed by atoms with Crippen molar-refractivity contribution in [3.8, 4) is 17.0 Å². The minimum Gasteiger partial charge on any atom is -0.497 e. The van der Waals surface area contributed by atoms with Gasteiger partial charge in [-0.15, -0.1) is 0 Å². The fourth-order valence-electron chi connectivity index (χ4n) is 3.28. The number of fused-ring (bicyclic) bond motifs is 3. The number of methoxy groups -OCH3 is 1. The lowest BCUT2D eigenvalue weighted by Crippen LogP contribution is -1.99. The molecule has 0 aliphatic carbocycles. The van der Waals surface area contributed by atoms with Gasteiger partial charge in [0.15, 0.2) is 0 Å². The Hall–Kier alpha value is -3.01. The van der Waals surface area contributed by atoms with E-state index in [1.165, 1.54) is 0 Å². The average molecular weight is 317 g/mol. The summed E-state index contributed by atoms with van der Waals surface area (Å²) in [6.07, 6.45) is 0. The molecule has 4 heteroatoms. The number of benzene rings is 2.